The fourth-order valence-corrected chi connectivity index (χ4v) is 1.47. The van der Waals surface area contributed by atoms with Gasteiger partial charge in [-0.15, -0.1) is 0 Å². The molecule has 0 bridgehead atoms. The molecule has 0 unspecified atom stereocenters. The van der Waals surface area contributed by atoms with Gasteiger partial charge in [-0.25, -0.2) is 9.67 Å². The Bertz CT molecular complexity index is 476. The van der Waals surface area contributed by atoms with Crippen molar-refractivity contribution in [3.05, 3.63) is 11.5 Å². The first-order valence-electron chi connectivity index (χ1n) is 4.26. The normalized spacial score (nSPS) is 11.4. The SMILES string of the molecule is CC(C)n1ncc2c(N)nc(Cl)nc21. The van der Waals surface area contributed by atoms with E-state index in [4.69, 9.17) is 17.3 Å². The molecule has 0 atom stereocenters. The number of anilines is 1. The molecule has 0 spiro atoms. The maximum absolute atomic E-state index is 5.71. The van der Waals surface area contributed by atoms with Crippen molar-refractivity contribution >= 4 is 28.5 Å². The highest BCUT2D eigenvalue weighted by molar-refractivity contribution is 6.28. The molecule has 14 heavy (non-hydrogen) atoms. The number of nitrogens with zero attached hydrogens (tertiary/aromatic N) is 4. The fourth-order valence-electron chi connectivity index (χ4n) is 1.30. The second-order valence-corrected chi connectivity index (χ2v) is 3.64. The number of fused-ring (bicyclic) bond motifs is 1. The van der Waals surface area contributed by atoms with Gasteiger partial charge in [-0.05, 0) is 25.4 Å². The summed E-state index contributed by atoms with van der Waals surface area (Å²) in [6.07, 6.45) is 1.65. The lowest BCUT2D eigenvalue weighted by Gasteiger charge is -2.05. The Kier molecular flexibility index (Phi) is 2.03. The summed E-state index contributed by atoms with van der Waals surface area (Å²) in [5.41, 5.74) is 6.36. The van der Waals surface area contributed by atoms with Crippen molar-refractivity contribution < 1.29 is 0 Å². The number of halogens is 1. The molecule has 0 aromatic carbocycles. The molecule has 74 valence electrons. The molecule has 6 heteroatoms. The van der Waals surface area contributed by atoms with Crippen LogP contribution in [-0.2, 0) is 0 Å². The summed E-state index contributed by atoms with van der Waals surface area (Å²) in [4.78, 5) is 7.95. The second-order valence-electron chi connectivity index (χ2n) is 3.30. The molecular weight excluding hydrogens is 202 g/mol. The lowest BCUT2D eigenvalue weighted by atomic mass is 10.4. The highest BCUT2D eigenvalue weighted by atomic mass is 35.5. The van der Waals surface area contributed by atoms with Crippen molar-refractivity contribution in [2.75, 3.05) is 5.73 Å². The van der Waals surface area contributed by atoms with Crippen LogP contribution in [-0.4, -0.2) is 19.7 Å². The van der Waals surface area contributed by atoms with E-state index in [2.05, 4.69) is 15.1 Å². The van der Waals surface area contributed by atoms with E-state index in [-0.39, 0.29) is 11.3 Å². The largest absolute Gasteiger partial charge is 0.383 e. The summed E-state index contributed by atoms with van der Waals surface area (Å²) in [5, 5.41) is 5.06. The molecule has 0 saturated heterocycles. The third kappa shape index (κ3) is 1.29. The monoisotopic (exact) mass is 211 g/mol. The summed E-state index contributed by atoms with van der Waals surface area (Å²) >= 11 is 5.71. The van der Waals surface area contributed by atoms with E-state index in [9.17, 15) is 0 Å². The van der Waals surface area contributed by atoms with Gasteiger partial charge >= 0.3 is 0 Å². The number of aromatic nitrogens is 4. The standard InChI is InChI=1S/C8H10ClN5/c1-4(2)14-7-5(3-11-14)6(10)12-8(9)13-7/h3-4H,1-2H3,(H2,10,12,13). The minimum atomic E-state index is 0.150. The molecule has 0 aliphatic heterocycles. The summed E-state index contributed by atoms with van der Waals surface area (Å²) in [6, 6.07) is 0.220. The third-order valence-electron chi connectivity index (χ3n) is 1.95. The summed E-state index contributed by atoms with van der Waals surface area (Å²) < 4.78 is 1.76. The van der Waals surface area contributed by atoms with E-state index in [1.54, 1.807) is 10.9 Å². The molecule has 5 nitrogen and oxygen atoms in total. The molecule has 0 amide bonds. The van der Waals surface area contributed by atoms with Gasteiger partial charge in [0.2, 0.25) is 5.28 Å². The Morgan fingerprint density at radius 1 is 1.43 bits per heavy atom. The lowest BCUT2D eigenvalue weighted by molar-refractivity contribution is 0.546. The number of nitrogens with two attached hydrogens (primary N) is 1. The fraction of sp³-hybridized carbons (Fsp3) is 0.375. The maximum Gasteiger partial charge on any atom is 0.226 e. The minimum Gasteiger partial charge on any atom is -0.383 e. The van der Waals surface area contributed by atoms with E-state index in [0.717, 1.165) is 5.39 Å². The van der Waals surface area contributed by atoms with Crippen LogP contribution in [0.2, 0.25) is 5.28 Å². The van der Waals surface area contributed by atoms with Crippen LogP contribution in [0.25, 0.3) is 11.0 Å². The molecule has 0 fully saturated rings. The molecule has 0 radical (unpaired) electrons. The zero-order valence-electron chi connectivity index (χ0n) is 7.90. The van der Waals surface area contributed by atoms with Crippen LogP contribution < -0.4 is 5.73 Å². The van der Waals surface area contributed by atoms with Gasteiger partial charge in [0, 0.05) is 6.04 Å². The molecule has 0 aliphatic carbocycles. The van der Waals surface area contributed by atoms with Gasteiger partial charge in [-0.3, -0.25) is 0 Å². The van der Waals surface area contributed by atoms with Crippen molar-refractivity contribution in [2.45, 2.75) is 19.9 Å². The zero-order valence-corrected chi connectivity index (χ0v) is 8.65. The van der Waals surface area contributed by atoms with Crippen molar-refractivity contribution in [1.82, 2.24) is 19.7 Å². The van der Waals surface area contributed by atoms with Crippen molar-refractivity contribution in [3.63, 3.8) is 0 Å². The van der Waals surface area contributed by atoms with E-state index in [1.807, 2.05) is 13.8 Å². The number of nitrogen functional groups attached to an aromatic ring is 1. The van der Waals surface area contributed by atoms with Crippen LogP contribution in [0.15, 0.2) is 6.20 Å². The van der Waals surface area contributed by atoms with E-state index < -0.39 is 0 Å². The van der Waals surface area contributed by atoms with Crippen LogP contribution in [0.5, 0.6) is 0 Å². The first kappa shape index (κ1) is 9.21. The quantitative estimate of drug-likeness (QED) is 0.728. The average molecular weight is 212 g/mol. The van der Waals surface area contributed by atoms with E-state index >= 15 is 0 Å². The van der Waals surface area contributed by atoms with Gasteiger partial charge in [0.05, 0.1) is 11.6 Å². The van der Waals surface area contributed by atoms with Gasteiger partial charge in [0.1, 0.15) is 5.82 Å². The van der Waals surface area contributed by atoms with Crippen molar-refractivity contribution in [1.29, 1.82) is 0 Å². The maximum atomic E-state index is 5.71. The van der Waals surface area contributed by atoms with Gasteiger partial charge in [-0.2, -0.15) is 10.1 Å². The third-order valence-corrected chi connectivity index (χ3v) is 2.11. The second kappa shape index (κ2) is 3.09. The van der Waals surface area contributed by atoms with Crippen LogP contribution in [0, 0.1) is 0 Å². The number of hydrogen-bond acceptors (Lipinski definition) is 4. The van der Waals surface area contributed by atoms with Crippen LogP contribution in [0.3, 0.4) is 0 Å². The Morgan fingerprint density at radius 3 is 2.79 bits per heavy atom. The van der Waals surface area contributed by atoms with Crippen LogP contribution >= 0.6 is 11.6 Å². The van der Waals surface area contributed by atoms with Gasteiger partial charge in [0.15, 0.2) is 5.65 Å². The smallest absolute Gasteiger partial charge is 0.226 e. The summed E-state index contributed by atoms with van der Waals surface area (Å²) in [5.74, 6) is 0.368. The molecule has 0 saturated carbocycles. The Balaban J connectivity index is 2.78. The Labute approximate surface area is 85.9 Å². The Morgan fingerprint density at radius 2 is 2.14 bits per heavy atom. The van der Waals surface area contributed by atoms with Crippen LogP contribution in [0.1, 0.15) is 19.9 Å². The molecular formula is C8H10ClN5. The summed E-state index contributed by atoms with van der Waals surface area (Å²) in [7, 11) is 0. The minimum absolute atomic E-state index is 0.150. The van der Waals surface area contributed by atoms with Gasteiger partial charge in [0.25, 0.3) is 0 Å². The molecule has 2 rings (SSSR count). The molecule has 2 heterocycles. The topological polar surface area (TPSA) is 69.6 Å². The van der Waals surface area contributed by atoms with Crippen LogP contribution in [0.4, 0.5) is 5.82 Å². The molecule has 2 aromatic rings. The zero-order chi connectivity index (χ0) is 10.3. The average Bonchev–Trinajstić information content (AvgIpc) is 2.47. The van der Waals surface area contributed by atoms with Crippen molar-refractivity contribution in [3.8, 4) is 0 Å². The predicted molar refractivity (Wildman–Crippen MR) is 55.1 cm³/mol. The van der Waals surface area contributed by atoms with E-state index in [0.29, 0.717) is 11.5 Å². The lowest BCUT2D eigenvalue weighted by Crippen LogP contribution is -2.04. The Hall–Kier alpha value is -1.36. The number of hydrogen-bond donors (Lipinski definition) is 1. The first-order valence-corrected chi connectivity index (χ1v) is 4.63. The van der Waals surface area contributed by atoms with E-state index in [1.165, 1.54) is 0 Å². The molecule has 0 aliphatic rings. The summed E-state index contributed by atoms with van der Waals surface area (Å²) in [6.45, 7) is 4.03. The van der Waals surface area contributed by atoms with Gasteiger partial charge in [-0.1, -0.05) is 0 Å². The van der Waals surface area contributed by atoms with Crippen molar-refractivity contribution in [2.24, 2.45) is 0 Å². The predicted octanol–water partition coefficient (Wildman–Crippen LogP) is 1.64. The number of rotatable bonds is 1. The first-order chi connectivity index (χ1) is 6.59. The molecule has 2 N–H and O–H groups in total. The van der Waals surface area contributed by atoms with Gasteiger partial charge < -0.3 is 5.73 Å². The highest BCUT2D eigenvalue weighted by Gasteiger charge is 2.11. The highest BCUT2D eigenvalue weighted by Crippen LogP contribution is 2.21. The molecule has 2 aromatic heterocycles.